The molecule has 3 aromatic heterocycles. The smallest absolute Gasteiger partial charge is 0.319 e. The number of hydrogen-bond donors (Lipinski definition) is 2. The third-order valence-electron chi connectivity index (χ3n) is 10.3. The number of nitrogens with zero attached hydrogens (tertiary/aromatic N) is 5. The van der Waals surface area contributed by atoms with Crippen LogP contribution < -0.4 is 20.7 Å². The second-order valence-electron chi connectivity index (χ2n) is 13.1. The van der Waals surface area contributed by atoms with Crippen molar-refractivity contribution in [2.45, 2.75) is 55.9 Å². The Morgan fingerprint density at radius 1 is 1.07 bits per heavy atom. The number of halogens is 3. The lowest BCUT2D eigenvalue weighted by atomic mass is 9.92. The maximum Gasteiger partial charge on any atom is 0.319 e. The summed E-state index contributed by atoms with van der Waals surface area (Å²) in [5, 5.41) is 4.37. The van der Waals surface area contributed by atoms with E-state index in [1.165, 1.54) is 18.4 Å². The van der Waals surface area contributed by atoms with E-state index >= 15 is 4.39 Å². The van der Waals surface area contributed by atoms with Gasteiger partial charge in [0, 0.05) is 60.2 Å². The van der Waals surface area contributed by atoms with Gasteiger partial charge >= 0.3 is 6.01 Å². The number of thiazole rings is 1. The van der Waals surface area contributed by atoms with Crippen LogP contribution in [0.3, 0.4) is 0 Å². The number of benzene rings is 2. The van der Waals surface area contributed by atoms with Gasteiger partial charge in [-0.3, -0.25) is 4.90 Å². The molecular formula is C33H32F3N7O2S. The molecule has 9 nitrogen and oxygen atoms in total. The van der Waals surface area contributed by atoms with E-state index in [-0.39, 0.29) is 39.0 Å². The summed E-state index contributed by atoms with van der Waals surface area (Å²) in [4.78, 5) is 18.4. The fourth-order valence-electron chi connectivity index (χ4n) is 8.22. The minimum atomic E-state index is -0.901. The number of nitrogen functional groups attached to an aromatic ring is 1. The van der Waals surface area contributed by atoms with E-state index in [2.05, 4.69) is 25.1 Å². The van der Waals surface area contributed by atoms with Crippen molar-refractivity contribution in [1.29, 1.82) is 0 Å². The summed E-state index contributed by atoms with van der Waals surface area (Å²) in [6.45, 7) is 2.89. The average Bonchev–Trinajstić information content (AvgIpc) is 3.87. The molecule has 7 heterocycles. The van der Waals surface area contributed by atoms with Gasteiger partial charge in [0.05, 0.1) is 28.3 Å². The summed E-state index contributed by atoms with van der Waals surface area (Å²) in [5.74, 6) is -0.494. The van der Waals surface area contributed by atoms with Gasteiger partial charge in [0.2, 0.25) is 0 Å². The van der Waals surface area contributed by atoms with Gasteiger partial charge in [-0.05, 0) is 62.1 Å². The van der Waals surface area contributed by atoms with Crippen molar-refractivity contribution in [3.63, 3.8) is 0 Å². The second-order valence-corrected chi connectivity index (χ2v) is 14.1. The lowest BCUT2D eigenvalue weighted by Gasteiger charge is -2.35. The van der Waals surface area contributed by atoms with Crippen molar-refractivity contribution < 1.29 is 22.3 Å². The number of alkyl halides is 1. The minimum absolute atomic E-state index is 0.0555. The standard InChI is InChI=1S/C33H32F3N7O2S/c34-18-11-33(7-1-8-43(33)12-18)16-45-32-40-27-23(30(41-32)42-13-19-2-3-20(14-42)38-19)10-22(17-6-9-44-15-17)25(26(27)36)21-4-5-24(35)29-28(21)39-31(37)46-29/h4-6,9-10,15,18-20,38H,1-3,7-8,11-14,16H2,(H2,37,39)/t18-,19?,20?,33+/m1/s1. The van der Waals surface area contributed by atoms with E-state index < -0.39 is 23.3 Å². The molecule has 4 fully saturated rings. The normalized spacial score (nSPS) is 26.1. The number of fused-ring (bicyclic) bond motifs is 5. The number of aromatic nitrogens is 3. The van der Waals surface area contributed by atoms with Gasteiger partial charge in [-0.25, -0.2) is 18.2 Å². The molecule has 9 rings (SSSR count). The van der Waals surface area contributed by atoms with Gasteiger partial charge < -0.3 is 25.1 Å². The lowest BCUT2D eigenvalue weighted by Crippen LogP contribution is -2.51. The van der Waals surface area contributed by atoms with Crippen LogP contribution >= 0.6 is 11.3 Å². The van der Waals surface area contributed by atoms with Gasteiger partial charge in [0.25, 0.3) is 0 Å². The molecular weight excluding hydrogens is 615 g/mol. The van der Waals surface area contributed by atoms with Crippen molar-refractivity contribution in [1.82, 2.24) is 25.2 Å². The van der Waals surface area contributed by atoms with Crippen LogP contribution in [-0.2, 0) is 0 Å². The Morgan fingerprint density at radius 2 is 1.91 bits per heavy atom. The minimum Gasteiger partial charge on any atom is -0.472 e. The molecule has 0 amide bonds. The molecule has 5 aromatic rings. The Kier molecular flexibility index (Phi) is 6.48. The van der Waals surface area contributed by atoms with E-state index in [1.54, 1.807) is 12.3 Å². The molecule has 0 radical (unpaired) electrons. The van der Waals surface area contributed by atoms with Crippen LogP contribution in [0.1, 0.15) is 32.1 Å². The van der Waals surface area contributed by atoms with E-state index in [0.29, 0.717) is 66.0 Å². The van der Waals surface area contributed by atoms with Crippen LogP contribution in [0.2, 0.25) is 0 Å². The SMILES string of the molecule is Nc1nc2c(-c3c(-c4ccoc4)cc4c(N5CC6CCC(C5)N6)nc(OC[C@@]56CCCN5C[C@H](F)C6)nc4c3F)ccc(F)c2s1. The number of nitrogens with two attached hydrogens (primary N) is 1. The topological polar surface area (TPSA) is 106 Å². The zero-order valence-electron chi connectivity index (χ0n) is 24.9. The molecule has 0 spiro atoms. The molecule has 46 heavy (non-hydrogen) atoms. The molecule has 0 aliphatic carbocycles. The Balaban J connectivity index is 1.25. The first-order chi connectivity index (χ1) is 22.3. The number of nitrogens with one attached hydrogen (secondary N) is 1. The molecule has 4 aliphatic heterocycles. The summed E-state index contributed by atoms with van der Waals surface area (Å²) in [5.41, 5.74) is 7.73. The van der Waals surface area contributed by atoms with Crippen molar-refractivity contribution in [2.75, 3.05) is 43.4 Å². The fraction of sp³-hybridized carbons (Fsp3) is 0.424. The molecule has 4 atom stereocenters. The summed E-state index contributed by atoms with van der Waals surface area (Å²) in [6.07, 6.45) is 6.51. The third-order valence-corrected chi connectivity index (χ3v) is 11.1. The molecule has 2 unspecified atom stereocenters. The number of furan rings is 1. The zero-order valence-corrected chi connectivity index (χ0v) is 25.8. The van der Waals surface area contributed by atoms with Gasteiger partial charge in [-0.1, -0.05) is 11.3 Å². The molecule has 4 saturated heterocycles. The molecule has 3 N–H and O–H groups in total. The quantitative estimate of drug-likeness (QED) is 0.232. The van der Waals surface area contributed by atoms with Crippen LogP contribution in [0, 0.1) is 11.6 Å². The highest BCUT2D eigenvalue weighted by Crippen LogP contribution is 2.45. The molecule has 2 bridgehead atoms. The van der Waals surface area contributed by atoms with Crippen LogP contribution in [0.5, 0.6) is 6.01 Å². The Labute approximate surface area is 266 Å². The van der Waals surface area contributed by atoms with Gasteiger partial charge in [0.1, 0.15) is 29.9 Å². The summed E-state index contributed by atoms with van der Waals surface area (Å²) in [6, 6.07) is 7.14. The Morgan fingerprint density at radius 3 is 2.72 bits per heavy atom. The molecule has 13 heteroatoms. The predicted molar refractivity (Wildman–Crippen MR) is 171 cm³/mol. The molecule has 2 aromatic carbocycles. The fourth-order valence-corrected chi connectivity index (χ4v) is 8.98. The number of ether oxygens (including phenoxy) is 1. The molecule has 238 valence electrons. The highest BCUT2D eigenvalue weighted by Gasteiger charge is 2.49. The number of piperazine rings is 1. The van der Waals surface area contributed by atoms with Crippen LogP contribution in [0.25, 0.3) is 43.4 Å². The predicted octanol–water partition coefficient (Wildman–Crippen LogP) is 5.92. The Hall–Kier alpha value is -3.94. The van der Waals surface area contributed by atoms with E-state index in [9.17, 15) is 8.78 Å². The first-order valence-electron chi connectivity index (χ1n) is 15.8. The van der Waals surface area contributed by atoms with Crippen LogP contribution in [-0.4, -0.2) is 76.4 Å². The van der Waals surface area contributed by atoms with Crippen LogP contribution in [0.4, 0.5) is 24.1 Å². The summed E-state index contributed by atoms with van der Waals surface area (Å²) >= 11 is 1.02. The van der Waals surface area contributed by atoms with Gasteiger partial charge in [-0.2, -0.15) is 9.97 Å². The van der Waals surface area contributed by atoms with Gasteiger partial charge in [-0.15, -0.1) is 0 Å². The highest BCUT2D eigenvalue weighted by atomic mass is 32.1. The van der Waals surface area contributed by atoms with Crippen molar-refractivity contribution in [3.8, 4) is 28.3 Å². The lowest BCUT2D eigenvalue weighted by molar-refractivity contribution is 0.107. The van der Waals surface area contributed by atoms with E-state index in [0.717, 1.165) is 43.6 Å². The number of anilines is 2. The maximum atomic E-state index is 17.3. The van der Waals surface area contributed by atoms with Crippen LogP contribution in [0.15, 0.2) is 41.2 Å². The van der Waals surface area contributed by atoms with Crippen molar-refractivity contribution in [2.24, 2.45) is 0 Å². The second kappa shape index (κ2) is 10.5. The molecule has 4 aliphatic rings. The van der Waals surface area contributed by atoms with Crippen molar-refractivity contribution in [3.05, 3.63) is 48.4 Å². The summed E-state index contributed by atoms with van der Waals surface area (Å²) in [7, 11) is 0. The third kappa shape index (κ3) is 4.46. The van der Waals surface area contributed by atoms with Gasteiger partial charge in [0.15, 0.2) is 10.9 Å². The highest BCUT2D eigenvalue weighted by molar-refractivity contribution is 7.22. The average molecular weight is 648 g/mol. The van der Waals surface area contributed by atoms with Crippen molar-refractivity contribution >= 4 is 43.4 Å². The monoisotopic (exact) mass is 647 g/mol. The largest absolute Gasteiger partial charge is 0.472 e. The Bertz CT molecular complexity index is 1980. The summed E-state index contributed by atoms with van der Waals surface area (Å²) < 4.78 is 58.7. The molecule has 0 saturated carbocycles. The number of hydrogen-bond acceptors (Lipinski definition) is 10. The number of rotatable bonds is 6. The zero-order chi connectivity index (χ0) is 31.2. The first-order valence-corrected chi connectivity index (χ1v) is 16.6. The first kappa shape index (κ1) is 28.3. The maximum absolute atomic E-state index is 17.3. The van der Waals surface area contributed by atoms with E-state index in [1.807, 2.05) is 6.07 Å². The van der Waals surface area contributed by atoms with E-state index in [4.69, 9.17) is 19.9 Å².